The molecule has 3 heteroatoms. The van der Waals surface area contributed by atoms with Gasteiger partial charge in [0.2, 0.25) is 5.91 Å². The first-order valence-corrected chi connectivity index (χ1v) is 2.82. The van der Waals surface area contributed by atoms with Crippen LogP contribution in [0.25, 0.3) is 0 Å². The van der Waals surface area contributed by atoms with Gasteiger partial charge < -0.3 is 11.5 Å². The molecule has 3 nitrogen and oxygen atoms in total. The quantitative estimate of drug-likeness (QED) is 0.426. The van der Waals surface area contributed by atoms with Crippen LogP contribution in [0.5, 0.6) is 0 Å². The Morgan fingerprint density at radius 2 is 1.90 bits per heavy atom. The van der Waals surface area contributed by atoms with Crippen molar-refractivity contribution in [1.29, 1.82) is 0 Å². The maximum Gasteiger partial charge on any atom is 0.243 e. The second kappa shape index (κ2) is 7.91. The number of rotatable bonds is 2. The van der Waals surface area contributed by atoms with E-state index < -0.39 is 5.91 Å². The Bertz CT molecular complexity index is 118. The summed E-state index contributed by atoms with van der Waals surface area (Å²) in [6.45, 7) is 8.79. The van der Waals surface area contributed by atoms with Gasteiger partial charge in [0.1, 0.15) is 0 Å². The molecular weight excluding hydrogens is 128 g/mol. The summed E-state index contributed by atoms with van der Waals surface area (Å²) in [5.41, 5.74) is 10.0. The Labute approximate surface area is 61.4 Å². The molecule has 58 valence electrons. The predicted molar refractivity (Wildman–Crippen MR) is 43.3 cm³/mol. The first kappa shape index (κ1) is 11.7. The monoisotopic (exact) mass is 142 g/mol. The van der Waals surface area contributed by atoms with Crippen LogP contribution >= 0.6 is 0 Å². The van der Waals surface area contributed by atoms with E-state index in [9.17, 15) is 4.79 Å². The van der Waals surface area contributed by atoms with Crippen LogP contribution in [-0.4, -0.2) is 12.5 Å². The summed E-state index contributed by atoms with van der Waals surface area (Å²) in [7, 11) is 0. The molecule has 4 N–H and O–H groups in total. The van der Waals surface area contributed by atoms with Gasteiger partial charge in [-0.05, 0) is 6.92 Å². The third-order valence-corrected chi connectivity index (χ3v) is 0.587. The average molecular weight is 142 g/mol. The number of nitrogens with two attached hydrogens (primary N) is 2. The third kappa shape index (κ3) is 15.8. The molecule has 0 unspecified atom stereocenters. The third-order valence-electron chi connectivity index (χ3n) is 0.587. The second-order valence-electron chi connectivity index (χ2n) is 1.67. The van der Waals surface area contributed by atoms with Gasteiger partial charge in [-0.25, -0.2) is 0 Å². The average Bonchev–Trinajstić information content (AvgIpc) is 1.89. The van der Waals surface area contributed by atoms with Gasteiger partial charge in [-0.2, -0.15) is 0 Å². The molecule has 0 atom stereocenters. The van der Waals surface area contributed by atoms with E-state index in [1.54, 1.807) is 13.0 Å². The minimum atomic E-state index is -0.435. The molecule has 0 heterocycles. The van der Waals surface area contributed by atoms with Gasteiger partial charge >= 0.3 is 0 Å². The minimum Gasteiger partial charge on any atom is -0.366 e. The van der Waals surface area contributed by atoms with Crippen molar-refractivity contribution in [3.8, 4) is 0 Å². The largest absolute Gasteiger partial charge is 0.366 e. The van der Waals surface area contributed by atoms with Crippen LogP contribution in [0.1, 0.15) is 6.92 Å². The summed E-state index contributed by atoms with van der Waals surface area (Å²) in [4.78, 5) is 9.82. The first-order chi connectivity index (χ1) is 4.56. The van der Waals surface area contributed by atoms with Crippen molar-refractivity contribution in [2.24, 2.45) is 11.5 Å². The lowest BCUT2D eigenvalue weighted by molar-refractivity contribution is -0.114. The fourth-order valence-corrected chi connectivity index (χ4v) is 0. The molecule has 0 saturated carbocycles. The van der Waals surface area contributed by atoms with Crippen molar-refractivity contribution in [2.45, 2.75) is 6.92 Å². The number of primary amides is 1. The van der Waals surface area contributed by atoms with Crippen LogP contribution in [0.3, 0.4) is 0 Å². The Kier molecular flexibility index (Phi) is 9.24. The molecular formula is C7H14N2O. The predicted octanol–water partition coefficient (Wildman–Crippen LogP) is 0.179. The van der Waals surface area contributed by atoms with Crippen LogP contribution in [0.4, 0.5) is 0 Å². The van der Waals surface area contributed by atoms with Crippen LogP contribution in [0, 0.1) is 0 Å². The van der Waals surface area contributed by atoms with E-state index in [2.05, 4.69) is 13.2 Å². The first-order valence-electron chi connectivity index (χ1n) is 2.82. The lowest BCUT2D eigenvalue weighted by Crippen LogP contribution is -2.10. The molecule has 0 aliphatic heterocycles. The van der Waals surface area contributed by atoms with E-state index in [1.807, 2.05) is 0 Å². The molecule has 0 saturated heterocycles. The van der Waals surface area contributed by atoms with Crippen molar-refractivity contribution in [3.05, 3.63) is 24.8 Å². The molecule has 0 spiro atoms. The summed E-state index contributed by atoms with van der Waals surface area (Å²) < 4.78 is 0. The number of hydrogen-bond acceptors (Lipinski definition) is 2. The van der Waals surface area contributed by atoms with E-state index in [0.717, 1.165) is 0 Å². The zero-order valence-electron chi connectivity index (χ0n) is 6.26. The Balaban J connectivity index is 0. The van der Waals surface area contributed by atoms with Gasteiger partial charge in [-0.15, -0.1) is 6.58 Å². The highest BCUT2D eigenvalue weighted by Gasteiger charge is 1.86. The van der Waals surface area contributed by atoms with E-state index in [-0.39, 0.29) is 0 Å². The topological polar surface area (TPSA) is 69.1 Å². The van der Waals surface area contributed by atoms with Crippen molar-refractivity contribution < 1.29 is 4.79 Å². The zero-order valence-corrected chi connectivity index (χ0v) is 6.26. The maximum absolute atomic E-state index is 9.82. The Morgan fingerprint density at radius 3 is 1.90 bits per heavy atom. The Hall–Kier alpha value is -1.09. The van der Waals surface area contributed by atoms with Gasteiger partial charge in [-0.1, -0.05) is 12.7 Å². The normalized spacial score (nSPS) is 7.00. The molecule has 0 aromatic rings. The molecule has 0 rings (SSSR count). The molecule has 0 aromatic carbocycles. The van der Waals surface area contributed by atoms with E-state index in [0.29, 0.717) is 12.1 Å². The molecule has 10 heavy (non-hydrogen) atoms. The molecule has 0 fully saturated rings. The lowest BCUT2D eigenvalue weighted by atomic mass is 10.3. The molecule has 0 aliphatic rings. The summed E-state index contributed by atoms with van der Waals surface area (Å²) in [6.07, 6.45) is 1.65. The van der Waals surface area contributed by atoms with Gasteiger partial charge in [0.25, 0.3) is 0 Å². The second-order valence-corrected chi connectivity index (χ2v) is 1.67. The number of amides is 1. The fourth-order valence-electron chi connectivity index (χ4n) is 0. The van der Waals surface area contributed by atoms with Gasteiger partial charge in [-0.3, -0.25) is 4.79 Å². The van der Waals surface area contributed by atoms with Crippen molar-refractivity contribution in [3.63, 3.8) is 0 Å². The van der Waals surface area contributed by atoms with Gasteiger partial charge in [0.15, 0.2) is 0 Å². The SMILES string of the molecule is C=C(C)C(N)=O.C=CCN. The maximum atomic E-state index is 9.82. The van der Waals surface area contributed by atoms with Crippen molar-refractivity contribution >= 4 is 5.91 Å². The number of hydrogen-bond donors (Lipinski definition) is 2. The lowest BCUT2D eigenvalue weighted by Gasteiger charge is -1.81. The number of carbonyl (C=O) groups excluding carboxylic acids is 1. The van der Waals surface area contributed by atoms with Gasteiger partial charge in [0, 0.05) is 12.1 Å². The highest BCUT2D eigenvalue weighted by Crippen LogP contribution is 1.78. The molecule has 0 radical (unpaired) electrons. The van der Waals surface area contributed by atoms with Gasteiger partial charge in [0.05, 0.1) is 0 Å². The molecule has 0 aromatic heterocycles. The smallest absolute Gasteiger partial charge is 0.243 e. The summed E-state index contributed by atoms with van der Waals surface area (Å²) in [5.74, 6) is -0.435. The minimum absolute atomic E-state index is 0.398. The van der Waals surface area contributed by atoms with E-state index in [1.165, 1.54) is 0 Å². The van der Waals surface area contributed by atoms with Crippen molar-refractivity contribution in [1.82, 2.24) is 0 Å². The highest BCUT2D eigenvalue weighted by atomic mass is 16.1. The van der Waals surface area contributed by atoms with Crippen LogP contribution in [0.2, 0.25) is 0 Å². The summed E-state index contributed by atoms with van der Waals surface area (Å²) in [5, 5.41) is 0. The van der Waals surface area contributed by atoms with Crippen molar-refractivity contribution in [2.75, 3.05) is 6.54 Å². The fraction of sp³-hybridized carbons (Fsp3) is 0.286. The molecule has 0 bridgehead atoms. The molecule has 0 aliphatic carbocycles. The van der Waals surface area contributed by atoms with E-state index >= 15 is 0 Å². The number of carbonyl (C=O) groups is 1. The standard InChI is InChI=1S/C4H7NO.C3H7N/c1-3(2)4(5)6;1-2-3-4/h1H2,2H3,(H2,5,6);2H,1,3-4H2. The molecule has 1 amide bonds. The van der Waals surface area contributed by atoms with Crippen LogP contribution < -0.4 is 11.5 Å². The zero-order chi connectivity index (χ0) is 8.57. The summed E-state index contributed by atoms with van der Waals surface area (Å²) >= 11 is 0. The summed E-state index contributed by atoms with van der Waals surface area (Å²) in [6, 6.07) is 0. The highest BCUT2D eigenvalue weighted by molar-refractivity contribution is 5.90. The Morgan fingerprint density at radius 1 is 1.70 bits per heavy atom. The van der Waals surface area contributed by atoms with Crippen LogP contribution in [0.15, 0.2) is 24.8 Å². The van der Waals surface area contributed by atoms with Crippen LogP contribution in [-0.2, 0) is 4.79 Å². The van der Waals surface area contributed by atoms with E-state index in [4.69, 9.17) is 11.5 Å².